The van der Waals surface area contributed by atoms with Crippen LogP contribution in [0.3, 0.4) is 0 Å². The molecule has 0 aliphatic rings. The highest BCUT2D eigenvalue weighted by molar-refractivity contribution is 8.12. The second kappa shape index (κ2) is 8.58. The minimum absolute atomic E-state index is 0.105. The van der Waals surface area contributed by atoms with Crippen molar-refractivity contribution in [1.29, 1.82) is 0 Å². The first-order valence-electron chi connectivity index (χ1n) is 9.83. The van der Waals surface area contributed by atoms with Crippen LogP contribution in [0.5, 0.6) is 0 Å². The number of allylic oxidation sites excluding steroid dienone is 2. The predicted molar refractivity (Wildman–Crippen MR) is 139 cm³/mol. The third-order valence-corrected chi connectivity index (χ3v) is 10.4. The summed E-state index contributed by atoms with van der Waals surface area (Å²) in [5.74, 6) is 0. The third kappa shape index (κ3) is 5.35. The SMILES string of the molecule is C=C(S/C(=C\C)c1ccc(-c2ccc(-c3ccc(C(C)(C)C)s3)s2)s1)C(C)(C)C. The lowest BCUT2D eigenvalue weighted by molar-refractivity contribution is 0.535. The van der Waals surface area contributed by atoms with Gasteiger partial charge < -0.3 is 0 Å². The minimum Gasteiger partial charge on any atom is -0.139 e. The van der Waals surface area contributed by atoms with Crippen molar-refractivity contribution in [3.05, 3.63) is 63.7 Å². The summed E-state index contributed by atoms with van der Waals surface area (Å²) >= 11 is 7.48. The Morgan fingerprint density at radius 1 is 0.793 bits per heavy atom. The Morgan fingerprint density at radius 2 is 1.31 bits per heavy atom. The van der Waals surface area contributed by atoms with Crippen molar-refractivity contribution < 1.29 is 0 Å². The summed E-state index contributed by atoms with van der Waals surface area (Å²) in [6, 6.07) is 13.6. The van der Waals surface area contributed by atoms with Gasteiger partial charge in [-0.3, -0.25) is 0 Å². The first kappa shape index (κ1) is 22.6. The van der Waals surface area contributed by atoms with Gasteiger partial charge in [-0.15, -0.1) is 34.0 Å². The van der Waals surface area contributed by atoms with Gasteiger partial charge in [0, 0.05) is 34.2 Å². The van der Waals surface area contributed by atoms with E-state index in [4.69, 9.17) is 0 Å². The summed E-state index contributed by atoms with van der Waals surface area (Å²) in [4.78, 5) is 10.7. The van der Waals surface area contributed by atoms with Gasteiger partial charge in [-0.2, -0.15) is 0 Å². The lowest BCUT2D eigenvalue weighted by atomic mass is 9.95. The molecule has 0 amide bonds. The second-order valence-corrected chi connectivity index (χ2v) is 13.6. The van der Waals surface area contributed by atoms with Crippen LogP contribution in [0.4, 0.5) is 0 Å². The Kier molecular flexibility index (Phi) is 6.69. The molecule has 0 saturated carbocycles. The maximum Gasteiger partial charge on any atom is 0.0449 e. The van der Waals surface area contributed by atoms with Crippen LogP contribution in [0.1, 0.15) is 58.2 Å². The average molecular weight is 459 g/mol. The van der Waals surface area contributed by atoms with E-state index < -0.39 is 0 Å². The highest BCUT2D eigenvalue weighted by atomic mass is 32.2. The van der Waals surface area contributed by atoms with E-state index in [2.05, 4.69) is 97.5 Å². The van der Waals surface area contributed by atoms with Gasteiger partial charge in [0.15, 0.2) is 0 Å². The molecule has 4 heteroatoms. The van der Waals surface area contributed by atoms with E-state index in [1.165, 1.54) is 39.1 Å². The molecule has 0 atom stereocenters. The predicted octanol–water partition coefficient (Wildman–Crippen LogP) is 10.2. The molecule has 154 valence electrons. The van der Waals surface area contributed by atoms with E-state index in [0.717, 1.165) is 0 Å². The normalized spacial score (nSPS) is 13.1. The zero-order valence-corrected chi connectivity index (χ0v) is 21.6. The van der Waals surface area contributed by atoms with E-state index in [1.54, 1.807) is 11.8 Å². The van der Waals surface area contributed by atoms with Crippen LogP contribution in [0.15, 0.2) is 54.0 Å². The highest BCUT2D eigenvalue weighted by Crippen LogP contribution is 2.46. The standard InChI is InChI=1S/C25H30S4/c1-9-17(26-16(2)24(3,4)5)18-10-11-19(27-18)20-12-13-21(28-20)22-14-15-23(29-22)25(6,7)8/h9-15H,2H2,1,3-8H3/b17-9-. The molecule has 0 N–H and O–H groups in total. The zero-order valence-electron chi connectivity index (χ0n) is 18.4. The van der Waals surface area contributed by atoms with Crippen molar-refractivity contribution in [2.75, 3.05) is 0 Å². The summed E-state index contributed by atoms with van der Waals surface area (Å²) in [6.07, 6.45) is 2.21. The number of hydrogen-bond acceptors (Lipinski definition) is 4. The van der Waals surface area contributed by atoms with Crippen LogP contribution in [0, 0.1) is 5.41 Å². The Hall–Kier alpha value is -1.07. The maximum atomic E-state index is 4.29. The van der Waals surface area contributed by atoms with Crippen LogP contribution in [-0.4, -0.2) is 0 Å². The van der Waals surface area contributed by atoms with E-state index in [-0.39, 0.29) is 10.8 Å². The van der Waals surface area contributed by atoms with Gasteiger partial charge in [0.2, 0.25) is 0 Å². The van der Waals surface area contributed by atoms with Gasteiger partial charge in [-0.05, 0) is 59.1 Å². The van der Waals surface area contributed by atoms with Crippen LogP contribution < -0.4 is 0 Å². The fourth-order valence-corrected chi connectivity index (χ4v) is 6.95. The number of hydrogen-bond donors (Lipinski definition) is 0. The highest BCUT2D eigenvalue weighted by Gasteiger charge is 2.19. The summed E-state index contributed by atoms with van der Waals surface area (Å²) in [5, 5.41) is 0. The molecule has 29 heavy (non-hydrogen) atoms. The summed E-state index contributed by atoms with van der Waals surface area (Å²) in [7, 11) is 0. The van der Waals surface area contributed by atoms with E-state index >= 15 is 0 Å². The lowest BCUT2D eigenvalue weighted by Crippen LogP contribution is -2.07. The van der Waals surface area contributed by atoms with Gasteiger partial charge >= 0.3 is 0 Å². The molecule has 0 nitrogen and oxygen atoms in total. The van der Waals surface area contributed by atoms with Crippen molar-refractivity contribution in [3.63, 3.8) is 0 Å². The molecule has 0 radical (unpaired) electrons. The van der Waals surface area contributed by atoms with Crippen LogP contribution in [-0.2, 0) is 5.41 Å². The topological polar surface area (TPSA) is 0 Å². The largest absolute Gasteiger partial charge is 0.139 e. The van der Waals surface area contributed by atoms with Crippen molar-refractivity contribution >= 4 is 50.7 Å². The van der Waals surface area contributed by atoms with Gasteiger partial charge in [0.25, 0.3) is 0 Å². The Balaban J connectivity index is 1.81. The van der Waals surface area contributed by atoms with Crippen molar-refractivity contribution in [3.8, 4) is 19.5 Å². The first-order valence-corrected chi connectivity index (χ1v) is 13.1. The van der Waals surface area contributed by atoms with Gasteiger partial charge in [-0.1, -0.05) is 66.0 Å². The molecular formula is C25H30S4. The summed E-state index contributed by atoms with van der Waals surface area (Å²) in [6.45, 7) is 19.9. The lowest BCUT2D eigenvalue weighted by Gasteiger charge is -2.21. The smallest absolute Gasteiger partial charge is 0.0449 e. The minimum atomic E-state index is 0.105. The van der Waals surface area contributed by atoms with Crippen LogP contribution in [0.2, 0.25) is 0 Å². The Labute approximate surface area is 192 Å². The third-order valence-electron chi connectivity index (χ3n) is 4.62. The van der Waals surface area contributed by atoms with E-state index in [0.29, 0.717) is 0 Å². The van der Waals surface area contributed by atoms with Gasteiger partial charge in [0.1, 0.15) is 0 Å². The molecule has 3 aromatic rings. The molecule has 3 aromatic heterocycles. The molecule has 0 fully saturated rings. The number of thiophene rings is 3. The van der Waals surface area contributed by atoms with Gasteiger partial charge in [-0.25, -0.2) is 0 Å². The Bertz CT molecular complexity index is 1030. The van der Waals surface area contributed by atoms with Crippen molar-refractivity contribution in [2.45, 2.75) is 53.9 Å². The van der Waals surface area contributed by atoms with Crippen LogP contribution in [0.25, 0.3) is 24.4 Å². The Morgan fingerprint density at radius 3 is 1.83 bits per heavy atom. The number of thioether (sulfide) groups is 1. The molecule has 0 unspecified atom stereocenters. The molecule has 0 saturated heterocycles. The first-order chi connectivity index (χ1) is 13.5. The molecule has 3 heterocycles. The van der Waals surface area contributed by atoms with Gasteiger partial charge in [0.05, 0.1) is 0 Å². The number of rotatable bonds is 5. The van der Waals surface area contributed by atoms with Crippen molar-refractivity contribution in [2.24, 2.45) is 5.41 Å². The molecular weight excluding hydrogens is 429 g/mol. The molecule has 0 aliphatic carbocycles. The summed E-state index contributed by atoms with van der Waals surface area (Å²) in [5.41, 5.74) is 0.317. The van der Waals surface area contributed by atoms with E-state index in [9.17, 15) is 0 Å². The second-order valence-electron chi connectivity index (χ2n) is 9.17. The molecule has 0 spiro atoms. The quantitative estimate of drug-likeness (QED) is 0.366. The fourth-order valence-electron chi connectivity index (χ4n) is 2.62. The molecule has 0 aliphatic heterocycles. The van der Waals surface area contributed by atoms with Crippen molar-refractivity contribution in [1.82, 2.24) is 0 Å². The fraction of sp³-hybridized carbons (Fsp3) is 0.360. The zero-order chi connectivity index (χ0) is 21.4. The molecule has 0 aromatic carbocycles. The van der Waals surface area contributed by atoms with Crippen LogP contribution >= 0.6 is 45.8 Å². The average Bonchev–Trinajstić information content (AvgIpc) is 3.36. The van der Waals surface area contributed by atoms with E-state index in [1.807, 2.05) is 34.0 Å². The summed E-state index contributed by atoms with van der Waals surface area (Å²) < 4.78 is 0. The molecule has 0 bridgehead atoms. The maximum absolute atomic E-state index is 4.29. The monoisotopic (exact) mass is 458 g/mol. The molecule has 3 rings (SSSR count).